The van der Waals surface area contributed by atoms with E-state index in [9.17, 15) is 4.79 Å². The lowest BCUT2D eigenvalue weighted by Crippen LogP contribution is -2.37. The lowest BCUT2D eigenvalue weighted by molar-refractivity contribution is 0.130. The van der Waals surface area contributed by atoms with E-state index >= 15 is 0 Å². The quantitative estimate of drug-likeness (QED) is 0.779. The van der Waals surface area contributed by atoms with Crippen LogP contribution in [0.3, 0.4) is 0 Å². The van der Waals surface area contributed by atoms with Crippen molar-refractivity contribution in [2.45, 2.75) is 32.6 Å². The summed E-state index contributed by atoms with van der Waals surface area (Å²) in [5.41, 5.74) is 0. The predicted molar refractivity (Wildman–Crippen MR) is 72.5 cm³/mol. The maximum absolute atomic E-state index is 10.7. The minimum absolute atomic E-state index is 0.386. The van der Waals surface area contributed by atoms with Crippen molar-refractivity contribution in [3.63, 3.8) is 0 Å². The van der Waals surface area contributed by atoms with Crippen LogP contribution in [0.2, 0.25) is 0 Å². The van der Waals surface area contributed by atoms with Crippen LogP contribution in [0.5, 0.6) is 0 Å². The molecule has 1 fully saturated rings. The molecule has 0 radical (unpaired) electrons. The van der Waals surface area contributed by atoms with Crippen LogP contribution >= 0.6 is 0 Å². The van der Waals surface area contributed by atoms with E-state index in [1.54, 1.807) is 0 Å². The molecule has 102 valence electrons. The van der Waals surface area contributed by atoms with Crippen LogP contribution in [0.4, 0.5) is 4.79 Å². The molecule has 1 saturated heterocycles. The topological polar surface area (TPSA) is 43.8 Å². The van der Waals surface area contributed by atoms with Crippen molar-refractivity contribution in [2.24, 2.45) is 5.92 Å². The fourth-order valence-electron chi connectivity index (χ4n) is 2.17. The molecule has 0 aromatic heterocycles. The summed E-state index contributed by atoms with van der Waals surface area (Å²) in [6.45, 7) is 5.58. The van der Waals surface area contributed by atoms with E-state index < -0.39 is 6.09 Å². The van der Waals surface area contributed by atoms with E-state index in [1.807, 2.05) is 0 Å². The van der Waals surface area contributed by atoms with Gasteiger partial charge in [-0.2, -0.15) is 0 Å². The fourth-order valence-corrected chi connectivity index (χ4v) is 2.17. The van der Waals surface area contributed by atoms with Gasteiger partial charge in [-0.15, -0.1) is 5.92 Å². The van der Waals surface area contributed by atoms with Crippen LogP contribution < -0.4 is 0 Å². The van der Waals surface area contributed by atoms with Gasteiger partial charge in [0.1, 0.15) is 0 Å². The van der Waals surface area contributed by atoms with E-state index in [0.717, 1.165) is 32.4 Å². The van der Waals surface area contributed by atoms with Gasteiger partial charge < -0.3 is 14.9 Å². The molecule has 4 nitrogen and oxygen atoms in total. The molecule has 1 aliphatic heterocycles. The summed E-state index contributed by atoms with van der Waals surface area (Å²) in [6.07, 6.45) is 3.05. The van der Waals surface area contributed by atoms with Crippen molar-refractivity contribution < 1.29 is 9.90 Å². The number of carbonyl (C=O) groups is 1. The van der Waals surface area contributed by atoms with Gasteiger partial charge in [0, 0.05) is 32.0 Å². The number of rotatable bonds is 4. The van der Waals surface area contributed by atoms with Gasteiger partial charge >= 0.3 is 6.09 Å². The Hall–Kier alpha value is -1.21. The Labute approximate surface area is 110 Å². The number of hydrogen-bond donors (Lipinski definition) is 1. The van der Waals surface area contributed by atoms with Gasteiger partial charge in [0.05, 0.1) is 0 Å². The molecular weight excluding hydrogens is 228 g/mol. The van der Waals surface area contributed by atoms with Gasteiger partial charge in [0.15, 0.2) is 0 Å². The molecule has 0 spiro atoms. The van der Waals surface area contributed by atoms with Crippen LogP contribution in [0.1, 0.15) is 32.6 Å². The Kier molecular flexibility index (Phi) is 6.59. The monoisotopic (exact) mass is 252 g/mol. The molecule has 18 heavy (non-hydrogen) atoms. The standard InChI is InChI=1S/C14H24N2O2/c1-3-9-15(2)10-5-4-6-13-7-11-16(12-8-13)14(17)18/h13H,3,5,7-12H2,1-2H3,(H,17,18). The molecule has 0 aliphatic carbocycles. The molecule has 1 amide bonds. The first-order chi connectivity index (χ1) is 8.63. The van der Waals surface area contributed by atoms with E-state index in [1.165, 1.54) is 11.3 Å². The van der Waals surface area contributed by atoms with Gasteiger partial charge in [-0.25, -0.2) is 4.79 Å². The zero-order chi connectivity index (χ0) is 13.4. The number of nitrogens with zero attached hydrogens (tertiary/aromatic N) is 2. The van der Waals surface area contributed by atoms with Crippen molar-refractivity contribution >= 4 is 6.09 Å². The summed E-state index contributed by atoms with van der Waals surface area (Å²) in [5.74, 6) is 6.90. The third kappa shape index (κ3) is 5.42. The number of carboxylic acid groups (broad SMARTS) is 1. The molecule has 1 N–H and O–H groups in total. The highest BCUT2D eigenvalue weighted by Crippen LogP contribution is 2.16. The highest BCUT2D eigenvalue weighted by Gasteiger charge is 2.20. The Morgan fingerprint density at radius 2 is 2.06 bits per heavy atom. The fraction of sp³-hybridized carbons (Fsp3) is 0.786. The Balaban J connectivity index is 2.19. The normalized spacial score (nSPS) is 16.5. The third-order valence-electron chi connectivity index (χ3n) is 3.30. The Bertz CT molecular complexity index is 311. The lowest BCUT2D eigenvalue weighted by atomic mass is 9.97. The minimum atomic E-state index is -0.803. The Morgan fingerprint density at radius 1 is 1.39 bits per heavy atom. The summed E-state index contributed by atoms with van der Waals surface area (Å²) < 4.78 is 0. The molecule has 0 bridgehead atoms. The van der Waals surface area contributed by atoms with E-state index in [2.05, 4.69) is 30.7 Å². The average molecular weight is 252 g/mol. The summed E-state index contributed by atoms with van der Waals surface area (Å²) in [6, 6.07) is 0. The molecule has 1 aliphatic rings. The van der Waals surface area contributed by atoms with Crippen LogP contribution in [0.15, 0.2) is 0 Å². The molecule has 0 atom stereocenters. The van der Waals surface area contributed by atoms with Crippen LogP contribution in [0.25, 0.3) is 0 Å². The smallest absolute Gasteiger partial charge is 0.407 e. The summed E-state index contributed by atoms with van der Waals surface area (Å²) in [7, 11) is 2.12. The highest BCUT2D eigenvalue weighted by atomic mass is 16.4. The van der Waals surface area contributed by atoms with Gasteiger partial charge in [-0.3, -0.25) is 0 Å². The zero-order valence-electron chi connectivity index (χ0n) is 11.5. The van der Waals surface area contributed by atoms with Crippen molar-refractivity contribution in [3.8, 4) is 11.8 Å². The maximum atomic E-state index is 10.7. The molecule has 0 unspecified atom stereocenters. The van der Waals surface area contributed by atoms with Crippen LogP contribution in [0, 0.1) is 17.8 Å². The van der Waals surface area contributed by atoms with Gasteiger partial charge in [-0.1, -0.05) is 12.8 Å². The second-order valence-corrected chi connectivity index (χ2v) is 4.92. The lowest BCUT2D eigenvalue weighted by Gasteiger charge is -2.27. The zero-order valence-corrected chi connectivity index (χ0v) is 11.5. The molecule has 0 saturated carbocycles. The largest absolute Gasteiger partial charge is 0.465 e. The number of hydrogen-bond acceptors (Lipinski definition) is 2. The summed E-state index contributed by atoms with van der Waals surface area (Å²) in [4.78, 5) is 14.5. The second-order valence-electron chi connectivity index (χ2n) is 4.92. The Morgan fingerprint density at radius 3 is 2.61 bits per heavy atom. The second kappa shape index (κ2) is 7.99. The molecular formula is C14H24N2O2. The minimum Gasteiger partial charge on any atom is -0.465 e. The van der Waals surface area contributed by atoms with Crippen LogP contribution in [-0.2, 0) is 0 Å². The van der Waals surface area contributed by atoms with Crippen molar-refractivity contribution in [2.75, 3.05) is 33.2 Å². The average Bonchev–Trinajstić information content (AvgIpc) is 2.35. The molecule has 1 rings (SSSR count). The first kappa shape index (κ1) is 14.8. The van der Waals surface area contributed by atoms with E-state index in [-0.39, 0.29) is 0 Å². The van der Waals surface area contributed by atoms with E-state index in [4.69, 9.17) is 5.11 Å². The predicted octanol–water partition coefficient (Wildman–Crippen LogP) is 2.11. The van der Waals surface area contributed by atoms with Crippen molar-refractivity contribution in [1.82, 2.24) is 9.80 Å². The summed E-state index contributed by atoms with van der Waals surface area (Å²) in [5, 5.41) is 8.83. The summed E-state index contributed by atoms with van der Waals surface area (Å²) >= 11 is 0. The first-order valence-electron chi connectivity index (χ1n) is 6.78. The van der Waals surface area contributed by atoms with Crippen LogP contribution in [-0.4, -0.2) is 54.2 Å². The highest BCUT2D eigenvalue weighted by molar-refractivity contribution is 5.65. The van der Waals surface area contributed by atoms with E-state index in [0.29, 0.717) is 19.0 Å². The SMILES string of the molecule is CCCN(C)CCC#CC1CCN(C(=O)O)CC1. The van der Waals surface area contributed by atoms with Gasteiger partial charge in [-0.05, 0) is 32.9 Å². The molecule has 4 heteroatoms. The molecule has 0 aromatic carbocycles. The number of amides is 1. The maximum Gasteiger partial charge on any atom is 0.407 e. The van der Waals surface area contributed by atoms with Crippen molar-refractivity contribution in [3.05, 3.63) is 0 Å². The molecule has 0 aromatic rings. The van der Waals surface area contributed by atoms with Gasteiger partial charge in [0.2, 0.25) is 0 Å². The number of piperidine rings is 1. The first-order valence-corrected chi connectivity index (χ1v) is 6.78. The molecule has 1 heterocycles. The van der Waals surface area contributed by atoms with Crippen molar-refractivity contribution in [1.29, 1.82) is 0 Å². The number of likely N-dealkylation sites (tertiary alicyclic amines) is 1. The third-order valence-corrected chi connectivity index (χ3v) is 3.30. The van der Waals surface area contributed by atoms with Gasteiger partial charge in [0.25, 0.3) is 0 Å².